The lowest BCUT2D eigenvalue weighted by atomic mass is 9.99. The van der Waals surface area contributed by atoms with Crippen molar-refractivity contribution in [3.8, 4) is 0 Å². The second-order valence-electron chi connectivity index (χ2n) is 3.32. The Hall–Kier alpha value is -0.830. The van der Waals surface area contributed by atoms with Crippen molar-refractivity contribution in [2.75, 3.05) is 7.11 Å². The van der Waals surface area contributed by atoms with Crippen LogP contribution in [0.15, 0.2) is 12.2 Å². The Morgan fingerprint density at radius 3 is 2.69 bits per heavy atom. The molecule has 0 aliphatic heterocycles. The van der Waals surface area contributed by atoms with Crippen molar-refractivity contribution >= 4 is 5.97 Å². The molecule has 3 nitrogen and oxygen atoms in total. The Labute approximate surface area is 79.4 Å². The van der Waals surface area contributed by atoms with Gasteiger partial charge in [0.25, 0.3) is 0 Å². The zero-order valence-electron chi connectivity index (χ0n) is 8.54. The molecule has 0 heterocycles. The molecule has 3 heteroatoms. The van der Waals surface area contributed by atoms with Gasteiger partial charge in [-0.05, 0) is 19.4 Å². The first-order valence-electron chi connectivity index (χ1n) is 4.51. The normalized spacial score (nSPS) is 15.7. The summed E-state index contributed by atoms with van der Waals surface area (Å²) in [5.41, 5.74) is -0.899. The van der Waals surface area contributed by atoms with E-state index in [9.17, 15) is 9.90 Å². The lowest BCUT2D eigenvalue weighted by Crippen LogP contribution is -2.20. The summed E-state index contributed by atoms with van der Waals surface area (Å²) < 4.78 is 4.41. The van der Waals surface area contributed by atoms with Gasteiger partial charge in [0.2, 0.25) is 0 Å². The fraction of sp³-hybridized carbons (Fsp3) is 0.700. The monoisotopic (exact) mass is 186 g/mol. The number of carbonyl (C=O) groups is 1. The number of aliphatic hydroxyl groups is 1. The van der Waals surface area contributed by atoms with Crippen LogP contribution in [-0.4, -0.2) is 23.8 Å². The minimum atomic E-state index is -0.899. The Morgan fingerprint density at radius 2 is 2.23 bits per heavy atom. The fourth-order valence-electron chi connectivity index (χ4n) is 0.934. The van der Waals surface area contributed by atoms with Gasteiger partial charge in [-0.3, -0.25) is 0 Å². The molecule has 0 saturated heterocycles. The summed E-state index contributed by atoms with van der Waals surface area (Å²) >= 11 is 0. The van der Waals surface area contributed by atoms with Crippen LogP contribution in [-0.2, 0) is 9.53 Å². The molecule has 0 rings (SSSR count). The molecule has 0 aliphatic rings. The average Bonchev–Trinajstić information content (AvgIpc) is 2.11. The maximum Gasteiger partial charge on any atom is 0.330 e. The number of ether oxygens (including phenoxy) is 1. The summed E-state index contributed by atoms with van der Waals surface area (Å²) in [6.07, 6.45) is 5.38. The van der Waals surface area contributed by atoms with Crippen LogP contribution in [0.3, 0.4) is 0 Å². The van der Waals surface area contributed by atoms with Gasteiger partial charge in [0.05, 0.1) is 12.7 Å². The fourth-order valence-corrected chi connectivity index (χ4v) is 0.934. The van der Waals surface area contributed by atoms with E-state index in [0.29, 0.717) is 6.42 Å². The molecule has 0 aromatic heterocycles. The van der Waals surface area contributed by atoms with Crippen LogP contribution in [0, 0.1) is 0 Å². The topological polar surface area (TPSA) is 46.5 Å². The van der Waals surface area contributed by atoms with Gasteiger partial charge in [-0.2, -0.15) is 0 Å². The molecule has 0 aromatic rings. The highest BCUT2D eigenvalue weighted by molar-refractivity contribution is 5.81. The van der Waals surface area contributed by atoms with Crippen LogP contribution in [0.5, 0.6) is 0 Å². The SMILES string of the molecule is CCCCC(C)(O)/C=C/C(=O)OC. The van der Waals surface area contributed by atoms with E-state index in [0.717, 1.165) is 12.8 Å². The molecule has 0 spiro atoms. The first-order valence-corrected chi connectivity index (χ1v) is 4.51. The van der Waals surface area contributed by atoms with Crippen LogP contribution in [0.1, 0.15) is 33.1 Å². The second kappa shape index (κ2) is 5.75. The highest BCUT2D eigenvalue weighted by Gasteiger charge is 2.15. The molecular weight excluding hydrogens is 168 g/mol. The molecule has 76 valence electrons. The lowest BCUT2D eigenvalue weighted by molar-refractivity contribution is -0.134. The average molecular weight is 186 g/mol. The number of rotatable bonds is 5. The van der Waals surface area contributed by atoms with E-state index in [2.05, 4.69) is 11.7 Å². The molecule has 1 unspecified atom stereocenters. The second-order valence-corrected chi connectivity index (χ2v) is 3.32. The lowest BCUT2D eigenvalue weighted by Gasteiger charge is -2.17. The van der Waals surface area contributed by atoms with Gasteiger partial charge in [-0.15, -0.1) is 0 Å². The van der Waals surface area contributed by atoms with Crippen molar-refractivity contribution in [3.63, 3.8) is 0 Å². The van der Waals surface area contributed by atoms with Crippen molar-refractivity contribution in [2.45, 2.75) is 38.7 Å². The van der Waals surface area contributed by atoms with Gasteiger partial charge in [-0.1, -0.05) is 19.8 Å². The summed E-state index contributed by atoms with van der Waals surface area (Å²) in [6.45, 7) is 3.74. The summed E-state index contributed by atoms with van der Waals surface area (Å²) in [4.78, 5) is 10.7. The minimum Gasteiger partial charge on any atom is -0.466 e. The molecule has 0 aliphatic carbocycles. The van der Waals surface area contributed by atoms with Gasteiger partial charge < -0.3 is 9.84 Å². The van der Waals surface area contributed by atoms with Crippen LogP contribution >= 0.6 is 0 Å². The van der Waals surface area contributed by atoms with E-state index in [1.165, 1.54) is 19.3 Å². The number of methoxy groups -OCH3 is 1. The molecule has 0 aromatic carbocycles. The van der Waals surface area contributed by atoms with Crippen molar-refractivity contribution in [1.29, 1.82) is 0 Å². The zero-order valence-corrected chi connectivity index (χ0v) is 8.54. The number of unbranched alkanes of at least 4 members (excludes halogenated alkanes) is 1. The smallest absolute Gasteiger partial charge is 0.330 e. The van der Waals surface area contributed by atoms with Crippen molar-refractivity contribution < 1.29 is 14.6 Å². The van der Waals surface area contributed by atoms with E-state index in [1.54, 1.807) is 6.92 Å². The third kappa shape index (κ3) is 6.34. The first-order chi connectivity index (χ1) is 6.02. The molecule has 0 amide bonds. The Bertz CT molecular complexity index is 183. The molecule has 0 fully saturated rings. The highest BCUT2D eigenvalue weighted by Crippen LogP contribution is 2.14. The van der Waals surface area contributed by atoms with Crippen molar-refractivity contribution in [2.24, 2.45) is 0 Å². The highest BCUT2D eigenvalue weighted by atomic mass is 16.5. The van der Waals surface area contributed by atoms with Crippen LogP contribution in [0.25, 0.3) is 0 Å². The standard InChI is InChI=1S/C10H18O3/c1-4-5-7-10(2,12)8-6-9(11)13-3/h6,8,12H,4-5,7H2,1-3H3/b8-6+. The maximum atomic E-state index is 10.7. The number of esters is 1. The minimum absolute atomic E-state index is 0.434. The summed E-state index contributed by atoms with van der Waals surface area (Å²) in [5.74, 6) is -0.434. The van der Waals surface area contributed by atoms with E-state index in [-0.39, 0.29) is 0 Å². The van der Waals surface area contributed by atoms with Crippen LogP contribution in [0.2, 0.25) is 0 Å². The summed E-state index contributed by atoms with van der Waals surface area (Å²) in [5, 5.41) is 9.70. The largest absolute Gasteiger partial charge is 0.466 e. The van der Waals surface area contributed by atoms with Crippen LogP contribution in [0.4, 0.5) is 0 Å². The quantitative estimate of drug-likeness (QED) is 0.524. The Morgan fingerprint density at radius 1 is 1.62 bits per heavy atom. The number of hydrogen-bond donors (Lipinski definition) is 1. The number of hydrogen-bond acceptors (Lipinski definition) is 3. The van der Waals surface area contributed by atoms with E-state index in [1.807, 2.05) is 0 Å². The first kappa shape index (κ1) is 12.2. The molecule has 0 bridgehead atoms. The van der Waals surface area contributed by atoms with E-state index >= 15 is 0 Å². The van der Waals surface area contributed by atoms with Gasteiger partial charge >= 0.3 is 5.97 Å². The van der Waals surface area contributed by atoms with Gasteiger partial charge in [0.1, 0.15) is 0 Å². The van der Waals surface area contributed by atoms with Gasteiger partial charge in [0, 0.05) is 6.08 Å². The molecule has 13 heavy (non-hydrogen) atoms. The predicted octanol–water partition coefficient (Wildman–Crippen LogP) is 1.66. The van der Waals surface area contributed by atoms with E-state index in [4.69, 9.17) is 0 Å². The predicted molar refractivity (Wildman–Crippen MR) is 51.3 cm³/mol. The Kier molecular flexibility index (Phi) is 5.39. The molecule has 0 saturated carbocycles. The van der Waals surface area contributed by atoms with Crippen molar-refractivity contribution in [3.05, 3.63) is 12.2 Å². The maximum absolute atomic E-state index is 10.7. The zero-order chi connectivity index (χ0) is 10.3. The third-order valence-corrected chi connectivity index (χ3v) is 1.82. The van der Waals surface area contributed by atoms with Crippen molar-refractivity contribution in [1.82, 2.24) is 0 Å². The Balaban J connectivity index is 3.99. The van der Waals surface area contributed by atoms with E-state index < -0.39 is 11.6 Å². The van der Waals surface area contributed by atoms with Crippen LogP contribution < -0.4 is 0 Å². The summed E-state index contributed by atoms with van der Waals surface area (Å²) in [6, 6.07) is 0. The molecule has 1 N–H and O–H groups in total. The number of carbonyl (C=O) groups excluding carboxylic acids is 1. The summed E-state index contributed by atoms with van der Waals surface area (Å²) in [7, 11) is 1.31. The molecular formula is C10H18O3. The third-order valence-electron chi connectivity index (χ3n) is 1.82. The van der Waals surface area contributed by atoms with Gasteiger partial charge in [-0.25, -0.2) is 4.79 Å². The van der Waals surface area contributed by atoms with Gasteiger partial charge in [0.15, 0.2) is 0 Å². The molecule has 0 radical (unpaired) electrons. The molecule has 1 atom stereocenters.